The van der Waals surface area contributed by atoms with Crippen molar-refractivity contribution >= 4 is 35.6 Å². The molecule has 3 rings (SSSR count). The minimum atomic E-state index is -0.599. The number of likely N-dealkylation sites (tertiary alicyclic amines) is 1. The molecule has 0 atom stereocenters. The number of carbonyl (C=O) groups is 3. The maximum absolute atomic E-state index is 12.3. The fourth-order valence-electron chi connectivity index (χ4n) is 3.24. The highest BCUT2D eigenvalue weighted by Gasteiger charge is 2.17. The van der Waals surface area contributed by atoms with Crippen LogP contribution in [0, 0.1) is 5.41 Å². The van der Waals surface area contributed by atoms with Crippen LogP contribution in [0.4, 0.5) is 5.69 Å². The Kier molecular flexibility index (Phi) is 8.18. The van der Waals surface area contributed by atoms with Crippen molar-refractivity contribution < 1.29 is 23.9 Å². The molecule has 0 saturated carbocycles. The van der Waals surface area contributed by atoms with Crippen molar-refractivity contribution in [1.29, 1.82) is 5.41 Å². The third-order valence-electron chi connectivity index (χ3n) is 4.95. The Hall–Kier alpha value is -4.14. The summed E-state index contributed by atoms with van der Waals surface area (Å²) in [6.45, 7) is 1.17. The zero-order valence-electron chi connectivity index (χ0n) is 18.1. The molecule has 1 fully saturated rings. The Bertz CT molecular complexity index is 1030. The van der Waals surface area contributed by atoms with Crippen LogP contribution in [0.25, 0.3) is 6.08 Å². The molecule has 0 spiro atoms. The monoisotopic (exact) mass is 450 g/mol. The molecule has 9 heteroatoms. The van der Waals surface area contributed by atoms with E-state index in [2.05, 4.69) is 5.32 Å². The number of amides is 1. The maximum Gasteiger partial charge on any atom is 0.343 e. The smallest absolute Gasteiger partial charge is 0.343 e. The quantitative estimate of drug-likeness (QED) is 0.194. The first-order valence-corrected chi connectivity index (χ1v) is 10.6. The largest absolute Gasteiger partial charge is 0.452 e. The lowest BCUT2D eigenvalue weighted by molar-refractivity contribution is -0.148. The minimum Gasteiger partial charge on any atom is -0.452 e. The number of piperidine rings is 1. The molecule has 0 aliphatic carbocycles. The van der Waals surface area contributed by atoms with Gasteiger partial charge in [-0.25, -0.2) is 9.59 Å². The predicted molar refractivity (Wildman–Crippen MR) is 124 cm³/mol. The number of nitrogens with one attached hydrogen (secondary N) is 2. The van der Waals surface area contributed by atoms with Crippen LogP contribution in [0.15, 0.2) is 54.6 Å². The molecular formula is C24H26N4O5. The molecule has 1 heterocycles. The second kappa shape index (κ2) is 11.5. The van der Waals surface area contributed by atoms with E-state index in [4.69, 9.17) is 20.6 Å². The molecular weight excluding hydrogens is 424 g/mol. The standard InChI is InChI=1S/C24H26N4O5/c25-24(26)27-19-9-7-18(8-10-19)23(31)33-20-11-4-17(5-12-20)6-13-22(30)32-16-21(29)28-14-2-1-3-15-28/h4-13H,1-3,14-16H2,(H4,25,26,27). The van der Waals surface area contributed by atoms with E-state index in [1.165, 1.54) is 6.08 Å². The molecule has 2 aromatic carbocycles. The number of carbonyl (C=O) groups excluding carboxylic acids is 3. The first kappa shape index (κ1) is 23.5. The molecule has 0 radical (unpaired) electrons. The van der Waals surface area contributed by atoms with Gasteiger partial charge in [0.05, 0.1) is 5.56 Å². The van der Waals surface area contributed by atoms with E-state index in [0.717, 1.165) is 19.3 Å². The van der Waals surface area contributed by atoms with Gasteiger partial charge in [0, 0.05) is 24.9 Å². The highest BCUT2D eigenvalue weighted by molar-refractivity contribution is 5.93. The lowest BCUT2D eigenvalue weighted by Gasteiger charge is -2.26. The van der Waals surface area contributed by atoms with Crippen LogP contribution in [-0.2, 0) is 14.3 Å². The summed E-state index contributed by atoms with van der Waals surface area (Å²) >= 11 is 0. The molecule has 1 saturated heterocycles. The molecule has 2 aromatic rings. The van der Waals surface area contributed by atoms with Gasteiger partial charge in [0.2, 0.25) is 0 Å². The first-order chi connectivity index (χ1) is 15.9. The van der Waals surface area contributed by atoms with Gasteiger partial charge in [0.15, 0.2) is 12.6 Å². The molecule has 1 amide bonds. The Labute approximate surface area is 191 Å². The summed E-state index contributed by atoms with van der Waals surface area (Å²) in [7, 11) is 0. The van der Waals surface area contributed by atoms with Gasteiger partial charge in [-0.3, -0.25) is 10.2 Å². The van der Waals surface area contributed by atoms with Gasteiger partial charge < -0.3 is 25.4 Å². The van der Waals surface area contributed by atoms with Gasteiger partial charge in [-0.1, -0.05) is 12.1 Å². The maximum atomic E-state index is 12.3. The van der Waals surface area contributed by atoms with E-state index in [9.17, 15) is 14.4 Å². The molecule has 1 aliphatic heterocycles. The number of nitrogens with zero attached hydrogens (tertiary/aromatic N) is 1. The second-order valence-corrected chi connectivity index (χ2v) is 7.46. The van der Waals surface area contributed by atoms with Crippen LogP contribution < -0.4 is 15.8 Å². The lowest BCUT2D eigenvalue weighted by Crippen LogP contribution is -2.38. The fourth-order valence-corrected chi connectivity index (χ4v) is 3.24. The number of guanidine groups is 1. The number of rotatable bonds is 7. The summed E-state index contributed by atoms with van der Waals surface area (Å²) in [6, 6.07) is 12.9. The van der Waals surface area contributed by atoms with Crippen LogP contribution in [0.5, 0.6) is 5.75 Å². The molecule has 9 nitrogen and oxygen atoms in total. The SMILES string of the molecule is N=C(N)Nc1ccc(C(=O)Oc2ccc(C=CC(=O)OCC(=O)N3CCCCC3)cc2)cc1. The van der Waals surface area contributed by atoms with E-state index < -0.39 is 11.9 Å². The highest BCUT2D eigenvalue weighted by Crippen LogP contribution is 2.16. The number of ether oxygens (including phenoxy) is 2. The third kappa shape index (κ3) is 7.49. The zero-order chi connectivity index (χ0) is 23.6. The fraction of sp³-hybridized carbons (Fsp3) is 0.250. The summed E-state index contributed by atoms with van der Waals surface area (Å²) < 4.78 is 10.4. The van der Waals surface area contributed by atoms with E-state index in [1.54, 1.807) is 59.5 Å². The van der Waals surface area contributed by atoms with Crippen molar-refractivity contribution in [1.82, 2.24) is 4.90 Å². The highest BCUT2D eigenvalue weighted by atomic mass is 16.5. The number of hydrogen-bond donors (Lipinski definition) is 3. The number of anilines is 1. The van der Waals surface area contributed by atoms with E-state index in [0.29, 0.717) is 35.7 Å². The predicted octanol–water partition coefficient (Wildman–Crippen LogP) is 2.78. The van der Waals surface area contributed by atoms with Crippen LogP contribution in [-0.4, -0.2) is 48.4 Å². The molecule has 0 aromatic heterocycles. The van der Waals surface area contributed by atoms with Crippen LogP contribution in [0.3, 0.4) is 0 Å². The molecule has 4 N–H and O–H groups in total. The van der Waals surface area contributed by atoms with Crippen molar-refractivity contribution in [3.05, 3.63) is 65.7 Å². The molecule has 172 valence electrons. The average molecular weight is 450 g/mol. The van der Waals surface area contributed by atoms with Crippen molar-refractivity contribution in [3.63, 3.8) is 0 Å². The van der Waals surface area contributed by atoms with Crippen LogP contribution >= 0.6 is 0 Å². The van der Waals surface area contributed by atoms with Crippen LogP contribution in [0.1, 0.15) is 35.2 Å². The Morgan fingerprint density at radius 2 is 1.67 bits per heavy atom. The zero-order valence-corrected chi connectivity index (χ0v) is 18.1. The summed E-state index contributed by atoms with van der Waals surface area (Å²) in [5.41, 5.74) is 6.90. The minimum absolute atomic E-state index is 0.174. The lowest BCUT2D eigenvalue weighted by atomic mass is 10.1. The number of nitrogens with two attached hydrogens (primary N) is 1. The second-order valence-electron chi connectivity index (χ2n) is 7.46. The summed E-state index contributed by atoms with van der Waals surface area (Å²) in [5, 5.41) is 9.82. The molecule has 0 unspecified atom stereocenters. The van der Waals surface area contributed by atoms with Crippen molar-refractivity contribution in [2.24, 2.45) is 5.73 Å². The van der Waals surface area contributed by atoms with Gasteiger partial charge in [0.1, 0.15) is 5.75 Å². The van der Waals surface area contributed by atoms with E-state index in [-0.39, 0.29) is 18.5 Å². The molecule has 1 aliphatic rings. The van der Waals surface area contributed by atoms with E-state index >= 15 is 0 Å². The first-order valence-electron chi connectivity index (χ1n) is 10.6. The van der Waals surface area contributed by atoms with Crippen molar-refractivity contribution in [2.75, 3.05) is 25.0 Å². The normalized spacial score (nSPS) is 13.4. The average Bonchev–Trinajstić information content (AvgIpc) is 2.82. The van der Waals surface area contributed by atoms with Gasteiger partial charge in [-0.05, 0) is 67.3 Å². The Morgan fingerprint density at radius 1 is 1.00 bits per heavy atom. The van der Waals surface area contributed by atoms with Crippen LogP contribution in [0.2, 0.25) is 0 Å². The number of benzene rings is 2. The van der Waals surface area contributed by atoms with Crippen molar-refractivity contribution in [2.45, 2.75) is 19.3 Å². The summed E-state index contributed by atoms with van der Waals surface area (Å²) in [5.74, 6) is -1.16. The van der Waals surface area contributed by atoms with Gasteiger partial charge >= 0.3 is 11.9 Å². The summed E-state index contributed by atoms with van der Waals surface area (Å²) in [4.78, 5) is 37.9. The number of hydrogen-bond acceptors (Lipinski definition) is 6. The Morgan fingerprint density at radius 3 is 2.30 bits per heavy atom. The van der Waals surface area contributed by atoms with Gasteiger partial charge in [-0.15, -0.1) is 0 Å². The Balaban J connectivity index is 1.46. The summed E-state index contributed by atoms with van der Waals surface area (Å²) in [6.07, 6.45) is 5.89. The topological polar surface area (TPSA) is 135 Å². The van der Waals surface area contributed by atoms with E-state index in [1.807, 2.05) is 0 Å². The molecule has 33 heavy (non-hydrogen) atoms. The van der Waals surface area contributed by atoms with Crippen molar-refractivity contribution in [3.8, 4) is 5.75 Å². The number of esters is 2. The van der Waals surface area contributed by atoms with Gasteiger partial charge in [0.25, 0.3) is 5.91 Å². The van der Waals surface area contributed by atoms with Gasteiger partial charge in [-0.2, -0.15) is 0 Å². The third-order valence-corrected chi connectivity index (χ3v) is 4.95. The molecule has 0 bridgehead atoms.